The Labute approximate surface area is 196 Å². The lowest BCUT2D eigenvalue weighted by Gasteiger charge is -2.43. The third kappa shape index (κ3) is 4.73. The van der Waals surface area contributed by atoms with E-state index in [9.17, 15) is 24.0 Å². The number of carbonyl (C=O) groups excluding carboxylic acids is 5. The number of hydrogen-bond donors (Lipinski definition) is 2. The second kappa shape index (κ2) is 9.94. The molecule has 0 saturated carbocycles. The van der Waals surface area contributed by atoms with E-state index in [-0.39, 0.29) is 25.2 Å². The zero-order chi connectivity index (χ0) is 24.2. The van der Waals surface area contributed by atoms with E-state index in [0.29, 0.717) is 24.9 Å². The first-order valence-corrected chi connectivity index (χ1v) is 11.1. The van der Waals surface area contributed by atoms with Crippen LogP contribution < -0.4 is 10.6 Å². The number of hydrogen-bond acceptors (Lipinski definition) is 7. The van der Waals surface area contributed by atoms with Gasteiger partial charge in [-0.1, -0.05) is 24.8 Å². The number of cyclic esters (lactones) is 1. The van der Waals surface area contributed by atoms with E-state index in [0.717, 1.165) is 11.3 Å². The Hall–Kier alpha value is -3.89. The van der Waals surface area contributed by atoms with Crippen molar-refractivity contribution in [2.24, 2.45) is 0 Å². The lowest BCUT2D eigenvalue weighted by molar-refractivity contribution is -0.176. The van der Waals surface area contributed by atoms with Gasteiger partial charge in [0.25, 0.3) is 18.1 Å². The maximum absolute atomic E-state index is 13.5. The number of rotatable bonds is 6. The first-order chi connectivity index (χ1) is 16.4. The predicted octanol–water partition coefficient (Wildman–Crippen LogP) is 0.231. The van der Waals surface area contributed by atoms with Gasteiger partial charge in [-0.3, -0.25) is 29.0 Å². The van der Waals surface area contributed by atoms with E-state index in [1.807, 2.05) is 0 Å². The molecular formula is C23H26N4O7. The van der Waals surface area contributed by atoms with Gasteiger partial charge in [0.1, 0.15) is 18.1 Å². The molecule has 4 rings (SSSR count). The molecule has 0 spiro atoms. The number of ether oxygens (including phenoxy) is 2. The van der Waals surface area contributed by atoms with Gasteiger partial charge in [0.05, 0.1) is 12.7 Å². The molecule has 4 atom stereocenters. The molecule has 0 aromatic heterocycles. The van der Waals surface area contributed by atoms with Gasteiger partial charge in [0.15, 0.2) is 0 Å². The quantitative estimate of drug-likeness (QED) is 0.449. The van der Waals surface area contributed by atoms with Gasteiger partial charge in [0, 0.05) is 18.5 Å². The molecule has 0 bridgehead atoms. The Morgan fingerprint density at radius 3 is 2.62 bits per heavy atom. The van der Waals surface area contributed by atoms with Crippen molar-refractivity contribution in [1.29, 1.82) is 0 Å². The van der Waals surface area contributed by atoms with Crippen LogP contribution in [-0.2, 0) is 28.7 Å². The molecule has 3 fully saturated rings. The number of benzene rings is 1. The molecule has 3 aliphatic rings. The summed E-state index contributed by atoms with van der Waals surface area (Å²) < 4.78 is 10.2. The Morgan fingerprint density at radius 1 is 1.12 bits per heavy atom. The van der Waals surface area contributed by atoms with Gasteiger partial charge in [-0.2, -0.15) is 0 Å². The van der Waals surface area contributed by atoms with E-state index in [2.05, 4.69) is 17.2 Å². The number of amides is 4. The Morgan fingerprint density at radius 2 is 1.88 bits per heavy atom. The summed E-state index contributed by atoms with van der Waals surface area (Å²) in [5.74, 6) is -2.35. The number of fused-ring (bicyclic) bond motifs is 1. The fraction of sp³-hybridized carbons (Fsp3) is 0.435. The molecule has 4 amide bonds. The van der Waals surface area contributed by atoms with E-state index in [1.165, 1.54) is 5.01 Å². The van der Waals surface area contributed by atoms with Crippen LogP contribution >= 0.6 is 0 Å². The summed E-state index contributed by atoms with van der Waals surface area (Å²) in [4.78, 5) is 63.8. The molecule has 11 heteroatoms. The lowest BCUT2D eigenvalue weighted by atomic mass is 10.0. The van der Waals surface area contributed by atoms with E-state index in [4.69, 9.17) is 9.47 Å². The molecule has 3 heterocycles. The number of carbonyl (C=O) groups is 5. The van der Waals surface area contributed by atoms with Crippen LogP contribution in [0.25, 0.3) is 0 Å². The second-order valence-corrected chi connectivity index (χ2v) is 8.27. The Balaban J connectivity index is 1.52. The summed E-state index contributed by atoms with van der Waals surface area (Å²) in [6.07, 6.45) is 1.00. The zero-order valence-corrected chi connectivity index (χ0v) is 18.5. The smallest absolute Gasteiger partial charge is 0.311 e. The fourth-order valence-corrected chi connectivity index (χ4v) is 4.39. The summed E-state index contributed by atoms with van der Waals surface area (Å²) in [5, 5.41) is 7.86. The largest absolute Gasteiger partial charge is 0.461 e. The molecule has 0 aliphatic carbocycles. The summed E-state index contributed by atoms with van der Waals surface area (Å²) in [6.45, 7) is 3.72. The van der Waals surface area contributed by atoms with Crippen molar-refractivity contribution in [2.45, 2.75) is 56.5 Å². The molecule has 1 aromatic rings. The highest BCUT2D eigenvalue weighted by Crippen LogP contribution is 2.26. The maximum Gasteiger partial charge on any atom is 0.311 e. The summed E-state index contributed by atoms with van der Waals surface area (Å²) in [6, 6.07) is 5.72. The molecule has 11 nitrogen and oxygen atoms in total. The highest BCUT2D eigenvalue weighted by atomic mass is 16.7. The van der Waals surface area contributed by atoms with Gasteiger partial charge in [-0.25, -0.2) is 5.01 Å². The van der Waals surface area contributed by atoms with Crippen LogP contribution in [0.2, 0.25) is 0 Å². The van der Waals surface area contributed by atoms with Crippen LogP contribution in [0.5, 0.6) is 0 Å². The van der Waals surface area contributed by atoms with Crippen molar-refractivity contribution in [1.82, 2.24) is 20.7 Å². The number of esters is 1. The molecule has 2 N–H and O–H groups in total. The lowest BCUT2D eigenvalue weighted by Crippen LogP contribution is -2.64. The molecule has 0 radical (unpaired) electrons. The first-order valence-electron chi connectivity index (χ1n) is 11.1. The predicted molar refractivity (Wildman–Crippen MR) is 116 cm³/mol. The molecule has 3 aliphatic heterocycles. The van der Waals surface area contributed by atoms with Crippen LogP contribution in [0, 0.1) is 0 Å². The molecule has 1 unspecified atom stereocenters. The highest BCUT2D eigenvalue weighted by Gasteiger charge is 2.46. The van der Waals surface area contributed by atoms with Gasteiger partial charge >= 0.3 is 5.97 Å². The van der Waals surface area contributed by atoms with Crippen molar-refractivity contribution >= 4 is 29.6 Å². The van der Waals surface area contributed by atoms with Crippen molar-refractivity contribution in [3.8, 4) is 0 Å². The van der Waals surface area contributed by atoms with Crippen molar-refractivity contribution in [3.63, 3.8) is 0 Å². The summed E-state index contributed by atoms with van der Waals surface area (Å²) >= 11 is 0. The van der Waals surface area contributed by atoms with Crippen LogP contribution in [0.4, 0.5) is 0 Å². The minimum atomic E-state index is -1.02. The Bertz CT molecular complexity index is 998. The van der Waals surface area contributed by atoms with Gasteiger partial charge in [-0.05, 0) is 31.4 Å². The van der Waals surface area contributed by atoms with Crippen molar-refractivity contribution in [3.05, 3.63) is 48.7 Å². The average Bonchev–Trinajstić information content (AvgIpc) is 3.13. The van der Waals surface area contributed by atoms with E-state index in [1.54, 1.807) is 30.3 Å². The van der Waals surface area contributed by atoms with Crippen LogP contribution in [-0.4, -0.2) is 70.6 Å². The standard InChI is InChI=1S/C23H26N4O7/c1-2-33-23-16(13-19(29)34-23)25-21(31)17-9-6-12-26-18(28)11-10-15(22(32)27(17)26)24-20(30)14-7-4-3-5-8-14/h2-5,7-8,15-17,23H,1,6,9-13H2,(H,24,30)(H,25,31)/t15-,16-,17-,23?/m0/s1. The number of nitrogens with one attached hydrogen (secondary N) is 2. The van der Waals surface area contributed by atoms with Gasteiger partial charge < -0.3 is 20.1 Å². The molecule has 34 heavy (non-hydrogen) atoms. The highest BCUT2D eigenvalue weighted by molar-refractivity contribution is 5.99. The first kappa shape index (κ1) is 23.3. The SMILES string of the molecule is C=COC1OC(=O)C[C@@H]1NC(=O)[C@@H]1CCCN2C(=O)CC[C@H](NC(=O)c3ccccc3)C(=O)N12. The van der Waals surface area contributed by atoms with Crippen molar-refractivity contribution < 1.29 is 33.4 Å². The third-order valence-corrected chi connectivity index (χ3v) is 6.03. The Kier molecular flexibility index (Phi) is 6.80. The number of nitrogens with zero attached hydrogens (tertiary/aromatic N) is 2. The fourth-order valence-electron chi connectivity index (χ4n) is 4.39. The van der Waals surface area contributed by atoms with E-state index < -0.39 is 48.1 Å². The van der Waals surface area contributed by atoms with Gasteiger partial charge in [-0.15, -0.1) is 0 Å². The van der Waals surface area contributed by atoms with Gasteiger partial charge in [0.2, 0.25) is 11.8 Å². The zero-order valence-electron chi connectivity index (χ0n) is 18.5. The normalized spacial score (nSPS) is 26.8. The van der Waals surface area contributed by atoms with Crippen LogP contribution in [0.1, 0.15) is 42.5 Å². The topological polar surface area (TPSA) is 134 Å². The molecule has 1 aromatic carbocycles. The average molecular weight is 470 g/mol. The minimum Gasteiger partial charge on any atom is -0.461 e. The maximum atomic E-state index is 13.5. The number of hydrazine groups is 1. The monoisotopic (exact) mass is 470 g/mol. The summed E-state index contributed by atoms with van der Waals surface area (Å²) in [7, 11) is 0. The van der Waals surface area contributed by atoms with Crippen LogP contribution in [0.3, 0.4) is 0 Å². The summed E-state index contributed by atoms with van der Waals surface area (Å²) in [5.41, 5.74) is 0.384. The minimum absolute atomic E-state index is 0.0521. The van der Waals surface area contributed by atoms with Crippen molar-refractivity contribution in [2.75, 3.05) is 6.54 Å². The molecular weight excluding hydrogens is 444 g/mol. The second-order valence-electron chi connectivity index (χ2n) is 8.27. The van der Waals surface area contributed by atoms with Crippen LogP contribution in [0.15, 0.2) is 43.2 Å². The molecule has 3 saturated heterocycles. The van der Waals surface area contributed by atoms with E-state index >= 15 is 0 Å². The third-order valence-electron chi connectivity index (χ3n) is 6.03. The molecule has 180 valence electrons.